The number of rotatable bonds is 3. The summed E-state index contributed by atoms with van der Waals surface area (Å²) in [6.07, 6.45) is 4.92. The second kappa shape index (κ2) is 6.95. The molecule has 1 aliphatic heterocycles. The summed E-state index contributed by atoms with van der Waals surface area (Å²) in [4.78, 5) is 17.2. The maximum atomic E-state index is 11.0. The average Bonchev–Trinajstić information content (AvgIpc) is 3.05. The van der Waals surface area contributed by atoms with Gasteiger partial charge in [-0.15, -0.1) is 0 Å². The van der Waals surface area contributed by atoms with Gasteiger partial charge in [-0.25, -0.2) is 4.79 Å². The molecule has 3 heterocycles. The van der Waals surface area contributed by atoms with Crippen molar-refractivity contribution < 1.29 is 9.90 Å². The van der Waals surface area contributed by atoms with Gasteiger partial charge in [-0.2, -0.15) is 0 Å². The van der Waals surface area contributed by atoms with Gasteiger partial charge in [-0.1, -0.05) is 6.07 Å². The summed E-state index contributed by atoms with van der Waals surface area (Å²) in [6.45, 7) is 3.99. The first kappa shape index (κ1) is 17.4. The molecule has 6 nitrogen and oxygen atoms in total. The Hall–Kier alpha value is -3.02. The van der Waals surface area contributed by atoms with Crippen molar-refractivity contribution in [3.8, 4) is 0 Å². The van der Waals surface area contributed by atoms with E-state index in [0.29, 0.717) is 25.6 Å². The number of carbonyl (C=O) groups is 1. The maximum absolute atomic E-state index is 11.0. The Labute approximate surface area is 158 Å². The molecule has 1 saturated heterocycles. The number of aromatic nitrogens is 2. The Morgan fingerprint density at radius 3 is 2.70 bits per heavy atom. The van der Waals surface area contributed by atoms with Crippen LogP contribution in [0.1, 0.15) is 35.6 Å². The number of hydrogen-bond acceptors (Lipinski definition) is 3. The predicted octanol–water partition coefficient (Wildman–Crippen LogP) is 3.83. The van der Waals surface area contributed by atoms with E-state index in [1.54, 1.807) is 0 Å². The molecule has 1 fully saturated rings. The van der Waals surface area contributed by atoms with Crippen molar-refractivity contribution in [3.05, 3.63) is 59.5 Å². The highest BCUT2D eigenvalue weighted by atomic mass is 16.4. The van der Waals surface area contributed by atoms with Crippen LogP contribution in [0.4, 0.5) is 10.5 Å². The minimum absolute atomic E-state index is 0.389. The minimum atomic E-state index is -0.821. The Morgan fingerprint density at radius 1 is 1.26 bits per heavy atom. The average molecular weight is 364 g/mol. The highest BCUT2D eigenvalue weighted by molar-refractivity contribution is 5.86. The number of amides is 1. The van der Waals surface area contributed by atoms with Gasteiger partial charge in [0.05, 0.1) is 17.8 Å². The van der Waals surface area contributed by atoms with Crippen molar-refractivity contribution in [2.45, 2.75) is 32.2 Å². The normalized spacial score (nSPS) is 15.4. The molecule has 0 unspecified atom stereocenters. The minimum Gasteiger partial charge on any atom is -0.465 e. The Morgan fingerprint density at radius 2 is 2.04 bits per heavy atom. The van der Waals surface area contributed by atoms with Crippen LogP contribution in [-0.2, 0) is 6.54 Å². The van der Waals surface area contributed by atoms with Crippen LogP contribution in [0.5, 0.6) is 0 Å². The van der Waals surface area contributed by atoms with Crippen LogP contribution in [-0.4, -0.2) is 38.7 Å². The first-order valence-corrected chi connectivity index (χ1v) is 9.29. The number of fused-ring (bicyclic) bond motifs is 1. The lowest BCUT2D eigenvalue weighted by atomic mass is 9.90. The zero-order valence-corrected chi connectivity index (χ0v) is 15.4. The molecule has 0 bridgehead atoms. The summed E-state index contributed by atoms with van der Waals surface area (Å²) >= 11 is 0. The third-order valence-corrected chi connectivity index (χ3v) is 5.49. The summed E-state index contributed by atoms with van der Waals surface area (Å²) in [6, 6.07) is 10.3. The number of pyridine rings is 1. The highest BCUT2D eigenvalue weighted by Crippen LogP contribution is 2.28. The van der Waals surface area contributed by atoms with Gasteiger partial charge in [0.2, 0.25) is 0 Å². The summed E-state index contributed by atoms with van der Waals surface area (Å²) in [5, 5.41) is 10.2. The smallest absolute Gasteiger partial charge is 0.407 e. The van der Waals surface area contributed by atoms with Gasteiger partial charge in [0.25, 0.3) is 0 Å². The second-order valence-electron chi connectivity index (χ2n) is 7.35. The molecule has 1 amide bonds. The molecule has 0 spiro atoms. The van der Waals surface area contributed by atoms with Gasteiger partial charge < -0.3 is 20.3 Å². The lowest BCUT2D eigenvalue weighted by Crippen LogP contribution is -2.36. The fourth-order valence-electron chi connectivity index (χ4n) is 4.08. The number of benzene rings is 1. The van der Waals surface area contributed by atoms with Crippen molar-refractivity contribution in [1.82, 2.24) is 14.5 Å². The number of likely N-dealkylation sites (tertiary alicyclic amines) is 1. The summed E-state index contributed by atoms with van der Waals surface area (Å²) < 4.78 is 2.21. The number of carboxylic acid groups (broad SMARTS) is 1. The van der Waals surface area contributed by atoms with Gasteiger partial charge in [0.15, 0.2) is 0 Å². The molecule has 1 aliphatic rings. The lowest BCUT2D eigenvalue weighted by molar-refractivity contribution is 0.132. The molecule has 140 valence electrons. The first-order chi connectivity index (χ1) is 13.0. The molecule has 4 rings (SSSR count). The van der Waals surface area contributed by atoms with Crippen molar-refractivity contribution in [1.29, 1.82) is 0 Å². The number of anilines is 1. The van der Waals surface area contributed by atoms with Crippen molar-refractivity contribution in [2.75, 3.05) is 18.8 Å². The number of aryl methyl sites for hydroxylation is 1. The van der Waals surface area contributed by atoms with E-state index in [-0.39, 0.29) is 0 Å². The number of nitrogens with zero attached hydrogens (tertiary/aromatic N) is 3. The van der Waals surface area contributed by atoms with Gasteiger partial charge in [-0.05, 0) is 61.1 Å². The van der Waals surface area contributed by atoms with E-state index in [1.807, 2.05) is 18.3 Å². The second-order valence-corrected chi connectivity index (χ2v) is 7.35. The van der Waals surface area contributed by atoms with Gasteiger partial charge in [0, 0.05) is 36.6 Å². The molecule has 3 N–H and O–H groups in total. The third kappa shape index (κ3) is 3.47. The van der Waals surface area contributed by atoms with Crippen LogP contribution in [0, 0.1) is 6.92 Å². The number of nitrogen functional groups attached to an aromatic ring is 1. The molecule has 27 heavy (non-hydrogen) atoms. The standard InChI is InChI=1S/C21H24N4O2/c1-14-10-18(22)11-16-6-9-25(20(14)16)13-19-3-2-17(12-23-19)15-4-7-24(8-5-15)21(26)27/h2-3,6,9-12,15H,4-5,7-8,13,22H2,1H3,(H,26,27). The van der Waals surface area contributed by atoms with Crippen molar-refractivity contribution >= 4 is 22.7 Å². The summed E-state index contributed by atoms with van der Waals surface area (Å²) in [5.74, 6) is 0.389. The molecule has 3 aromatic rings. The summed E-state index contributed by atoms with van der Waals surface area (Å²) in [7, 11) is 0. The lowest BCUT2D eigenvalue weighted by Gasteiger charge is -2.30. The Bertz CT molecular complexity index is 970. The van der Waals surface area contributed by atoms with E-state index >= 15 is 0 Å². The Balaban J connectivity index is 1.48. The van der Waals surface area contributed by atoms with Crippen LogP contribution in [0.15, 0.2) is 42.7 Å². The molecule has 0 radical (unpaired) electrons. The fourth-order valence-corrected chi connectivity index (χ4v) is 4.08. The molecule has 0 atom stereocenters. The SMILES string of the molecule is Cc1cc(N)cc2ccn(Cc3ccc(C4CCN(C(=O)O)CC4)cn3)c12. The zero-order chi connectivity index (χ0) is 19.0. The van der Waals surface area contributed by atoms with E-state index < -0.39 is 6.09 Å². The van der Waals surface area contributed by atoms with Crippen molar-refractivity contribution in [3.63, 3.8) is 0 Å². The highest BCUT2D eigenvalue weighted by Gasteiger charge is 2.23. The molecule has 0 saturated carbocycles. The van der Waals surface area contributed by atoms with Gasteiger partial charge >= 0.3 is 6.09 Å². The topological polar surface area (TPSA) is 84.4 Å². The first-order valence-electron chi connectivity index (χ1n) is 9.29. The van der Waals surface area contributed by atoms with Gasteiger partial charge in [0.1, 0.15) is 0 Å². The summed E-state index contributed by atoms with van der Waals surface area (Å²) in [5.41, 5.74) is 11.3. The van der Waals surface area contributed by atoms with Crippen LogP contribution in [0.3, 0.4) is 0 Å². The van der Waals surface area contributed by atoms with E-state index in [0.717, 1.165) is 35.2 Å². The van der Waals surface area contributed by atoms with Crippen LogP contribution in [0.25, 0.3) is 10.9 Å². The third-order valence-electron chi connectivity index (χ3n) is 5.49. The fraction of sp³-hybridized carbons (Fsp3) is 0.333. The zero-order valence-electron chi connectivity index (χ0n) is 15.4. The predicted molar refractivity (Wildman–Crippen MR) is 106 cm³/mol. The largest absolute Gasteiger partial charge is 0.465 e. The molecule has 2 aromatic heterocycles. The number of piperidine rings is 1. The number of hydrogen-bond donors (Lipinski definition) is 2. The molecule has 0 aliphatic carbocycles. The maximum Gasteiger partial charge on any atom is 0.407 e. The van der Waals surface area contributed by atoms with E-state index in [4.69, 9.17) is 10.8 Å². The quantitative estimate of drug-likeness (QED) is 0.692. The molecule has 6 heteroatoms. The van der Waals surface area contributed by atoms with Crippen molar-refractivity contribution in [2.24, 2.45) is 0 Å². The monoisotopic (exact) mass is 364 g/mol. The van der Waals surface area contributed by atoms with Gasteiger partial charge in [-0.3, -0.25) is 4.98 Å². The van der Waals surface area contributed by atoms with Crippen LogP contribution < -0.4 is 5.73 Å². The van der Waals surface area contributed by atoms with E-state index in [1.165, 1.54) is 16.0 Å². The van der Waals surface area contributed by atoms with Crippen LogP contribution in [0.2, 0.25) is 0 Å². The van der Waals surface area contributed by atoms with Crippen LogP contribution >= 0.6 is 0 Å². The molecule has 1 aromatic carbocycles. The molecular formula is C21H24N4O2. The van der Waals surface area contributed by atoms with E-state index in [9.17, 15) is 4.79 Å². The van der Waals surface area contributed by atoms with E-state index in [2.05, 4.69) is 40.9 Å². The Kier molecular flexibility index (Phi) is 4.48. The number of nitrogens with two attached hydrogens (primary N) is 1. The molecular weight excluding hydrogens is 340 g/mol.